The first-order chi connectivity index (χ1) is 17.9. The van der Waals surface area contributed by atoms with E-state index in [-0.39, 0.29) is 42.4 Å². The number of ether oxygens (including phenoxy) is 1. The fourth-order valence-electron chi connectivity index (χ4n) is 5.39. The Kier molecular flexibility index (Phi) is 9.22. The predicted octanol–water partition coefficient (Wildman–Crippen LogP) is 4.56. The van der Waals surface area contributed by atoms with Crippen molar-refractivity contribution in [3.63, 3.8) is 0 Å². The molecule has 7 nitrogen and oxygen atoms in total. The van der Waals surface area contributed by atoms with Crippen LogP contribution in [0, 0.1) is 11.8 Å². The second-order valence-corrected chi connectivity index (χ2v) is 10.8. The van der Waals surface area contributed by atoms with Gasteiger partial charge in [0, 0.05) is 37.2 Å². The maximum atomic E-state index is 13.7. The minimum absolute atomic E-state index is 0.0217. The smallest absolute Gasteiger partial charge is 0.258 e. The molecule has 1 aliphatic heterocycles. The summed E-state index contributed by atoms with van der Waals surface area (Å²) >= 11 is 0. The van der Waals surface area contributed by atoms with E-state index in [9.17, 15) is 14.7 Å². The zero-order valence-corrected chi connectivity index (χ0v) is 22.4. The Hall–Kier alpha value is -2.90. The number of aliphatic hydroxyl groups excluding tert-OH is 1. The highest BCUT2D eigenvalue weighted by Gasteiger charge is 2.33. The van der Waals surface area contributed by atoms with E-state index in [4.69, 9.17) is 4.74 Å². The molecule has 0 bridgehead atoms. The molecule has 2 aromatic rings. The molecule has 0 spiro atoms. The third-order valence-corrected chi connectivity index (χ3v) is 7.70. The zero-order valence-electron chi connectivity index (χ0n) is 22.4. The van der Waals surface area contributed by atoms with Gasteiger partial charge in [-0.3, -0.25) is 14.5 Å². The summed E-state index contributed by atoms with van der Waals surface area (Å²) in [5.74, 6) is 0.427. The summed E-state index contributed by atoms with van der Waals surface area (Å²) in [7, 11) is 2.08. The van der Waals surface area contributed by atoms with Crippen LogP contribution in [0.25, 0.3) is 0 Å². The lowest BCUT2D eigenvalue weighted by Gasteiger charge is -2.38. The lowest BCUT2D eigenvalue weighted by molar-refractivity contribution is -0.120. The molecule has 7 heteroatoms. The molecule has 1 heterocycles. The van der Waals surface area contributed by atoms with E-state index in [2.05, 4.69) is 36.3 Å². The van der Waals surface area contributed by atoms with Crippen LogP contribution in [-0.4, -0.2) is 65.6 Å². The number of nitrogens with one attached hydrogen (secondary N) is 1. The molecule has 0 aromatic heterocycles. The summed E-state index contributed by atoms with van der Waals surface area (Å²) in [6.07, 6.45) is 5.03. The minimum atomic E-state index is -0.330. The van der Waals surface area contributed by atoms with Crippen LogP contribution in [0.4, 0.5) is 5.69 Å². The number of aliphatic hydroxyl groups is 1. The average molecular weight is 508 g/mol. The van der Waals surface area contributed by atoms with Gasteiger partial charge < -0.3 is 20.1 Å². The lowest BCUT2D eigenvalue weighted by atomic mass is 9.88. The van der Waals surface area contributed by atoms with Gasteiger partial charge in [-0.05, 0) is 50.6 Å². The number of benzene rings is 2. The third kappa shape index (κ3) is 6.90. The van der Waals surface area contributed by atoms with E-state index in [1.807, 2.05) is 31.2 Å². The van der Waals surface area contributed by atoms with Gasteiger partial charge in [0.1, 0.15) is 11.9 Å². The van der Waals surface area contributed by atoms with Crippen molar-refractivity contribution in [3.05, 3.63) is 59.7 Å². The summed E-state index contributed by atoms with van der Waals surface area (Å²) in [5.41, 5.74) is 2.26. The van der Waals surface area contributed by atoms with Gasteiger partial charge in [0.05, 0.1) is 18.2 Å². The van der Waals surface area contributed by atoms with Crippen LogP contribution in [0.1, 0.15) is 61.9 Å². The second kappa shape index (κ2) is 12.6. The van der Waals surface area contributed by atoms with Gasteiger partial charge in [0.2, 0.25) is 5.91 Å². The first-order valence-corrected chi connectivity index (χ1v) is 13.6. The lowest BCUT2D eigenvalue weighted by Crippen LogP contribution is -2.49. The average Bonchev–Trinajstić information content (AvgIpc) is 2.91. The number of hydrogen-bond acceptors (Lipinski definition) is 5. The first-order valence-electron chi connectivity index (χ1n) is 13.6. The van der Waals surface area contributed by atoms with Crippen LogP contribution in [0.3, 0.4) is 0 Å². The van der Waals surface area contributed by atoms with Crippen LogP contribution in [0.15, 0.2) is 48.5 Å². The van der Waals surface area contributed by atoms with Gasteiger partial charge in [0.25, 0.3) is 5.91 Å². The second-order valence-electron chi connectivity index (χ2n) is 10.8. The van der Waals surface area contributed by atoms with Gasteiger partial charge >= 0.3 is 0 Å². The van der Waals surface area contributed by atoms with Gasteiger partial charge in [-0.1, -0.05) is 56.5 Å². The van der Waals surface area contributed by atoms with Crippen molar-refractivity contribution >= 4 is 17.5 Å². The zero-order chi connectivity index (χ0) is 26.4. The molecular formula is C30H41N3O4. The number of carbonyl (C=O) groups excluding carboxylic acids is 2. The first kappa shape index (κ1) is 27.1. The molecule has 0 unspecified atom stereocenters. The van der Waals surface area contributed by atoms with E-state index in [0.717, 1.165) is 32.2 Å². The van der Waals surface area contributed by atoms with E-state index in [1.165, 1.54) is 12.0 Å². The predicted molar refractivity (Wildman–Crippen MR) is 146 cm³/mol. The summed E-state index contributed by atoms with van der Waals surface area (Å²) in [6, 6.07) is 15.3. The Morgan fingerprint density at radius 3 is 2.59 bits per heavy atom. The number of fused-ring (bicyclic) bond motifs is 1. The highest BCUT2D eigenvalue weighted by Crippen LogP contribution is 2.32. The number of carbonyl (C=O) groups is 2. The maximum absolute atomic E-state index is 13.7. The highest BCUT2D eigenvalue weighted by molar-refractivity contribution is 6.00. The van der Waals surface area contributed by atoms with Crippen molar-refractivity contribution in [2.45, 2.75) is 64.6 Å². The summed E-state index contributed by atoms with van der Waals surface area (Å²) < 4.78 is 6.50. The number of hydrogen-bond donors (Lipinski definition) is 2. The van der Waals surface area contributed by atoms with Crippen LogP contribution >= 0.6 is 0 Å². The standard InChI is InChI=1S/C30H41N3O4/c1-21-17-33(22(2)20-34)30(36)26-16-25(31-29(35)24-12-8-5-9-13-24)14-15-27(26)37-28(21)19-32(3)18-23-10-6-4-7-11-23/h4,6-7,10-11,14-16,21-22,24,28,34H,5,8-9,12-13,17-20H2,1-3H3,(H,31,35)/t21-,22+,28-/m1/s1. The Labute approximate surface area is 220 Å². The van der Waals surface area contributed by atoms with Gasteiger partial charge in [-0.2, -0.15) is 0 Å². The molecule has 200 valence electrons. The van der Waals surface area contributed by atoms with E-state index < -0.39 is 0 Å². The maximum Gasteiger partial charge on any atom is 0.258 e. The molecule has 37 heavy (non-hydrogen) atoms. The fourth-order valence-corrected chi connectivity index (χ4v) is 5.39. The molecule has 4 rings (SSSR count). The Balaban J connectivity index is 1.57. The Morgan fingerprint density at radius 1 is 1.16 bits per heavy atom. The minimum Gasteiger partial charge on any atom is -0.488 e. The van der Waals surface area contributed by atoms with Crippen molar-refractivity contribution in [1.82, 2.24) is 9.80 Å². The SMILES string of the molecule is C[C@@H]1CN([C@@H](C)CO)C(=O)c2cc(NC(=O)C3CCCCC3)ccc2O[C@@H]1CN(C)Cc1ccccc1. The van der Waals surface area contributed by atoms with E-state index >= 15 is 0 Å². The molecule has 3 atom stereocenters. The van der Waals surface area contributed by atoms with Gasteiger partial charge in [-0.25, -0.2) is 0 Å². The van der Waals surface area contributed by atoms with Crippen molar-refractivity contribution in [2.75, 3.05) is 32.1 Å². The number of rotatable bonds is 8. The van der Waals surface area contributed by atoms with Crippen molar-refractivity contribution < 1.29 is 19.4 Å². The summed E-state index contributed by atoms with van der Waals surface area (Å²) in [4.78, 5) is 30.5. The van der Waals surface area contributed by atoms with Crippen molar-refractivity contribution in [1.29, 1.82) is 0 Å². The Bertz CT molecular complexity index is 1050. The normalized spacial score (nSPS) is 21.5. The topological polar surface area (TPSA) is 82.1 Å². The van der Waals surface area contributed by atoms with Crippen molar-refractivity contribution in [3.8, 4) is 5.75 Å². The summed E-state index contributed by atoms with van der Waals surface area (Å²) in [6.45, 7) is 5.79. The number of amides is 2. The number of anilines is 1. The largest absolute Gasteiger partial charge is 0.488 e. The molecule has 1 aliphatic carbocycles. The molecule has 2 amide bonds. The van der Waals surface area contributed by atoms with Crippen LogP contribution in [0.2, 0.25) is 0 Å². The van der Waals surface area contributed by atoms with Gasteiger partial charge in [0.15, 0.2) is 0 Å². The van der Waals surface area contributed by atoms with Gasteiger partial charge in [-0.15, -0.1) is 0 Å². The molecular weight excluding hydrogens is 466 g/mol. The Morgan fingerprint density at radius 2 is 1.89 bits per heavy atom. The highest BCUT2D eigenvalue weighted by atomic mass is 16.5. The van der Waals surface area contributed by atoms with Crippen molar-refractivity contribution in [2.24, 2.45) is 11.8 Å². The van der Waals surface area contributed by atoms with Crippen LogP contribution in [-0.2, 0) is 11.3 Å². The van der Waals surface area contributed by atoms with E-state index in [1.54, 1.807) is 17.0 Å². The molecule has 0 radical (unpaired) electrons. The number of nitrogens with zero attached hydrogens (tertiary/aromatic N) is 2. The molecule has 2 aromatic carbocycles. The molecule has 1 fully saturated rings. The van der Waals surface area contributed by atoms with Crippen LogP contribution < -0.4 is 10.1 Å². The molecule has 1 saturated carbocycles. The summed E-state index contributed by atoms with van der Waals surface area (Å²) in [5, 5.41) is 12.9. The van der Waals surface area contributed by atoms with Crippen LogP contribution in [0.5, 0.6) is 5.75 Å². The molecule has 2 N–H and O–H groups in total. The monoisotopic (exact) mass is 507 g/mol. The quantitative estimate of drug-likeness (QED) is 0.548. The van der Waals surface area contributed by atoms with E-state index in [0.29, 0.717) is 30.1 Å². The number of likely N-dealkylation sites (N-methyl/N-ethyl adjacent to an activating group) is 1. The fraction of sp³-hybridized carbons (Fsp3) is 0.533. The molecule has 2 aliphatic rings. The third-order valence-electron chi connectivity index (χ3n) is 7.70. The molecule has 0 saturated heterocycles.